The molecule has 0 bridgehead atoms. The van der Waals surface area contributed by atoms with Crippen molar-refractivity contribution in [2.75, 3.05) is 12.3 Å². The molecule has 0 unspecified atom stereocenters. The summed E-state index contributed by atoms with van der Waals surface area (Å²) in [6, 6.07) is 4.22. The van der Waals surface area contributed by atoms with Gasteiger partial charge in [-0.25, -0.2) is 4.79 Å². The highest BCUT2D eigenvalue weighted by atomic mass is 32.2. The van der Waals surface area contributed by atoms with Crippen LogP contribution in [0.25, 0.3) is 0 Å². The maximum atomic E-state index is 11.7. The van der Waals surface area contributed by atoms with Gasteiger partial charge in [-0.1, -0.05) is 19.3 Å². The number of carbonyl (C=O) groups is 1. The molecule has 0 aliphatic heterocycles. The van der Waals surface area contributed by atoms with Gasteiger partial charge in [0, 0.05) is 18.3 Å². The average Bonchev–Trinajstić information content (AvgIpc) is 2.92. The Balaban J connectivity index is 1.49. The lowest BCUT2D eigenvalue weighted by Crippen LogP contribution is -2.43. The lowest BCUT2D eigenvalue weighted by molar-refractivity contribution is 0.233. The summed E-state index contributed by atoms with van der Waals surface area (Å²) >= 11 is 1.76. The van der Waals surface area contributed by atoms with Crippen LogP contribution in [0.2, 0.25) is 0 Å². The minimum absolute atomic E-state index is 0.0227. The van der Waals surface area contributed by atoms with E-state index in [0.29, 0.717) is 12.6 Å². The normalized spacial score (nSPS) is 16.2. The summed E-state index contributed by atoms with van der Waals surface area (Å²) in [5.41, 5.74) is 0. The molecule has 1 aliphatic rings. The third kappa shape index (κ3) is 5.59. The predicted molar refractivity (Wildman–Crippen MR) is 78.3 cm³/mol. The molecule has 0 spiro atoms. The van der Waals surface area contributed by atoms with Crippen LogP contribution in [-0.2, 0) is 5.75 Å². The van der Waals surface area contributed by atoms with Gasteiger partial charge in [-0.3, -0.25) is 0 Å². The monoisotopic (exact) mass is 282 g/mol. The van der Waals surface area contributed by atoms with Gasteiger partial charge in [0.05, 0.1) is 12.0 Å². The number of urea groups is 1. The smallest absolute Gasteiger partial charge is 0.315 e. The summed E-state index contributed by atoms with van der Waals surface area (Å²) in [6.07, 6.45) is 7.73. The van der Waals surface area contributed by atoms with Crippen LogP contribution in [0.4, 0.5) is 4.79 Å². The quantitative estimate of drug-likeness (QED) is 0.788. The van der Waals surface area contributed by atoms with Crippen molar-refractivity contribution in [2.24, 2.45) is 0 Å². The van der Waals surface area contributed by atoms with Gasteiger partial charge in [-0.2, -0.15) is 11.8 Å². The van der Waals surface area contributed by atoms with Crippen molar-refractivity contribution in [2.45, 2.75) is 43.9 Å². The highest BCUT2D eigenvalue weighted by Gasteiger charge is 2.14. The molecular weight excluding hydrogens is 260 g/mol. The molecule has 19 heavy (non-hydrogen) atoms. The molecule has 5 heteroatoms. The zero-order valence-corrected chi connectivity index (χ0v) is 12.0. The van der Waals surface area contributed by atoms with Crippen LogP contribution < -0.4 is 10.6 Å². The van der Waals surface area contributed by atoms with Crippen molar-refractivity contribution in [3.8, 4) is 0 Å². The summed E-state index contributed by atoms with van der Waals surface area (Å²) in [5, 5.41) is 5.95. The molecule has 106 valence electrons. The van der Waals surface area contributed by atoms with Crippen LogP contribution in [0, 0.1) is 0 Å². The van der Waals surface area contributed by atoms with E-state index in [4.69, 9.17) is 4.42 Å². The molecule has 1 aromatic heterocycles. The van der Waals surface area contributed by atoms with Crippen molar-refractivity contribution in [1.29, 1.82) is 0 Å². The van der Waals surface area contributed by atoms with Gasteiger partial charge in [0.15, 0.2) is 0 Å². The Labute approximate surface area is 118 Å². The number of hydrogen-bond donors (Lipinski definition) is 2. The first kappa shape index (κ1) is 14.3. The fourth-order valence-corrected chi connectivity index (χ4v) is 3.04. The van der Waals surface area contributed by atoms with Crippen LogP contribution in [0.1, 0.15) is 37.9 Å². The molecule has 2 N–H and O–H groups in total. The molecule has 1 aromatic rings. The third-order valence-corrected chi connectivity index (χ3v) is 4.28. The minimum atomic E-state index is -0.0227. The number of carbonyl (C=O) groups excluding carboxylic acids is 1. The lowest BCUT2D eigenvalue weighted by atomic mass is 9.96. The van der Waals surface area contributed by atoms with Crippen LogP contribution >= 0.6 is 11.8 Å². The van der Waals surface area contributed by atoms with E-state index in [0.717, 1.165) is 30.1 Å². The number of hydrogen-bond acceptors (Lipinski definition) is 3. The van der Waals surface area contributed by atoms with Crippen LogP contribution in [0.15, 0.2) is 22.8 Å². The van der Waals surface area contributed by atoms with E-state index in [9.17, 15) is 4.79 Å². The zero-order chi connectivity index (χ0) is 13.3. The van der Waals surface area contributed by atoms with Gasteiger partial charge in [0.1, 0.15) is 5.76 Å². The standard InChI is InChI=1S/C14H22N2O2S/c17-14(16-12-5-2-1-3-6-12)15-8-10-19-11-13-7-4-9-18-13/h4,7,9,12H,1-3,5-6,8,10-11H2,(H2,15,16,17). The van der Waals surface area contributed by atoms with E-state index in [2.05, 4.69) is 10.6 Å². The number of rotatable bonds is 6. The number of thioether (sulfide) groups is 1. The zero-order valence-electron chi connectivity index (χ0n) is 11.2. The second-order valence-electron chi connectivity index (χ2n) is 4.87. The maximum Gasteiger partial charge on any atom is 0.315 e. The van der Waals surface area contributed by atoms with Crippen molar-refractivity contribution < 1.29 is 9.21 Å². The Morgan fingerprint density at radius 2 is 2.21 bits per heavy atom. The van der Waals surface area contributed by atoms with E-state index >= 15 is 0 Å². The van der Waals surface area contributed by atoms with E-state index in [1.165, 1.54) is 19.3 Å². The van der Waals surface area contributed by atoms with E-state index in [1.54, 1.807) is 18.0 Å². The molecular formula is C14H22N2O2S. The molecule has 0 aromatic carbocycles. The third-order valence-electron chi connectivity index (χ3n) is 3.30. The largest absolute Gasteiger partial charge is 0.468 e. The molecule has 4 nitrogen and oxygen atoms in total. The van der Waals surface area contributed by atoms with E-state index in [1.807, 2.05) is 12.1 Å². The Kier molecular flexibility index (Phi) is 6.14. The van der Waals surface area contributed by atoms with Crippen molar-refractivity contribution in [3.05, 3.63) is 24.2 Å². The van der Waals surface area contributed by atoms with Gasteiger partial charge in [0.2, 0.25) is 0 Å². The fraction of sp³-hybridized carbons (Fsp3) is 0.643. The van der Waals surface area contributed by atoms with Gasteiger partial charge < -0.3 is 15.1 Å². The molecule has 1 saturated carbocycles. The van der Waals surface area contributed by atoms with Crippen molar-refractivity contribution in [3.63, 3.8) is 0 Å². The molecule has 2 amide bonds. The lowest BCUT2D eigenvalue weighted by Gasteiger charge is -2.22. The second-order valence-corrected chi connectivity index (χ2v) is 5.97. The summed E-state index contributed by atoms with van der Waals surface area (Å²) in [5.74, 6) is 2.74. The van der Waals surface area contributed by atoms with Gasteiger partial charge in [-0.05, 0) is 25.0 Å². The second kappa shape index (κ2) is 8.15. The van der Waals surface area contributed by atoms with Crippen LogP contribution in [-0.4, -0.2) is 24.4 Å². The predicted octanol–water partition coefficient (Wildman–Crippen LogP) is 3.14. The molecule has 0 radical (unpaired) electrons. The highest BCUT2D eigenvalue weighted by molar-refractivity contribution is 7.98. The van der Waals surface area contributed by atoms with Gasteiger partial charge in [0.25, 0.3) is 0 Å². The van der Waals surface area contributed by atoms with Crippen molar-refractivity contribution in [1.82, 2.24) is 10.6 Å². The Hall–Kier alpha value is -1.10. The van der Waals surface area contributed by atoms with Crippen LogP contribution in [0.5, 0.6) is 0 Å². The number of amides is 2. The number of furan rings is 1. The van der Waals surface area contributed by atoms with Gasteiger partial charge in [-0.15, -0.1) is 0 Å². The number of nitrogens with one attached hydrogen (secondary N) is 2. The summed E-state index contributed by atoms with van der Waals surface area (Å²) in [4.78, 5) is 11.7. The molecule has 1 heterocycles. The van der Waals surface area contributed by atoms with E-state index in [-0.39, 0.29) is 6.03 Å². The molecule has 1 aliphatic carbocycles. The van der Waals surface area contributed by atoms with Crippen LogP contribution in [0.3, 0.4) is 0 Å². The summed E-state index contributed by atoms with van der Waals surface area (Å²) in [7, 11) is 0. The van der Waals surface area contributed by atoms with Gasteiger partial charge >= 0.3 is 6.03 Å². The SMILES string of the molecule is O=C(NCCSCc1ccco1)NC1CCCCC1. The Morgan fingerprint density at radius 3 is 2.95 bits per heavy atom. The minimum Gasteiger partial charge on any atom is -0.468 e. The Morgan fingerprint density at radius 1 is 1.37 bits per heavy atom. The maximum absolute atomic E-state index is 11.7. The fourth-order valence-electron chi connectivity index (χ4n) is 2.29. The molecule has 2 rings (SSSR count). The van der Waals surface area contributed by atoms with E-state index < -0.39 is 0 Å². The summed E-state index contributed by atoms with van der Waals surface area (Å²) < 4.78 is 5.24. The molecule has 1 fully saturated rings. The molecule has 0 saturated heterocycles. The summed E-state index contributed by atoms with van der Waals surface area (Å²) in [6.45, 7) is 0.698. The first-order chi connectivity index (χ1) is 9.34. The topological polar surface area (TPSA) is 54.3 Å². The average molecular weight is 282 g/mol. The van der Waals surface area contributed by atoms with Crippen molar-refractivity contribution >= 4 is 17.8 Å². The Bertz CT molecular complexity index is 362. The molecule has 0 atom stereocenters. The first-order valence-electron chi connectivity index (χ1n) is 6.99. The highest BCUT2D eigenvalue weighted by Crippen LogP contribution is 2.17. The first-order valence-corrected chi connectivity index (χ1v) is 8.14.